The Balaban J connectivity index is 1.61. The molecule has 0 saturated carbocycles. The molecule has 0 aliphatic carbocycles. The van der Waals surface area contributed by atoms with Gasteiger partial charge in [-0.3, -0.25) is 0 Å². The van der Waals surface area contributed by atoms with E-state index in [-0.39, 0.29) is 0 Å². The van der Waals surface area contributed by atoms with Crippen LogP contribution < -0.4 is 34.4 Å². The van der Waals surface area contributed by atoms with Gasteiger partial charge in [0.1, 0.15) is 107 Å². The molecule has 0 aromatic heterocycles. The van der Waals surface area contributed by atoms with Crippen LogP contribution >= 0.6 is 0 Å². The summed E-state index contributed by atoms with van der Waals surface area (Å²) >= 11 is 0. The van der Waals surface area contributed by atoms with E-state index in [1.165, 1.54) is 0 Å². The standard InChI is InChI=1S/C52H28F24N6O13/c53-15-9(16(54)28(66)39(77)27(15)65)45(83)90-3-51(4-91-46(84)10-17(55)29(67)40(78)30(68)18(10)56,5-92-47(85)11-19(57)31(69)41(79)32(70)20(11)58)1-89-2-52(6-93-48(86)12-21(59)33(71)42(80)34(72)22(12)60,7-94-49(87)13-23(61)35(73)43(81)36(74)24(13)62)8-95-50(88)14-25(63)37(75)44(82)38(76)26(14)64/h1-8,77-82H2. The zero-order valence-corrected chi connectivity index (χ0v) is 45.5. The van der Waals surface area contributed by atoms with Crippen LogP contribution in [-0.2, 0) is 33.2 Å². The molecule has 43 heteroatoms. The summed E-state index contributed by atoms with van der Waals surface area (Å²) in [7, 11) is 0. The summed E-state index contributed by atoms with van der Waals surface area (Å²) in [6, 6.07) is 0. The maximum Gasteiger partial charge on any atom is 0.344 e. The smallest absolute Gasteiger partial charge is 0.344 e. The number of benzene rings is 6. The molecule has 0 aliphatic rings. The fourth-order valence-electron chi connectivity index (χ4n) is 7.70. The minimum Gasteiger partial charge on any atom is -0.461 e. The highest BCUT2D eigenvalue weighted by Crippen LogP contribution is 2.36. The van der Waals surface area contributed by atoms with E-state index in [1.807, 2.05) is 0 Å². The van der Waals surface area contributed by atoms with Gasteiger partial charge in [0.05, 0.1) is 24.0 Å². The zero-order valence-electron chi connectivity index (χ0n) is 45.5. The Labute approximate surface area is 507 Å². The molecule has 0 amide bonds. The molecule has 19 nitrogen and oxygen atoms in total. The van der Waals surface area contributed by atoms with Crippen molar-refractivity contribution in [2.75, 3.05) is 87.3 Å². The van der Waals surface area contributed by atoms with Crippen LogP contribution in [0.3, 0.4) is 0 Å². The fourth-order valence-corrected chi connectivity index (χ4v) is 7.70. The molecular formula is C52H28F24N6O13. The second kappa shape index (κ2) is 27.8. The zero-order chi connectivity index (χ0) is 71.9. The molecule has 0 heterocycles. The molecule has 12 N–H and O–H groups in total. The molecule has 6 aromatic rings. The van der Waals surface area contributed by atoms with Crippen molar-refractivity contribution < 1.29 is 167 Å². The van der Waals surface area contributed by atoms with Gasteiger partial charge < -0.3 is 67.6 Å². The summed E-state index contributed by atoms with van der Waals surface area (Å²) in [5.74, 6) is -81.5. The first-order chi connectivity index (χ1) is 44.1. The highest BCUT2D eigenvalue weighted by atomic mass is 19.2. The molecule has 0 aliphatic heterocycles. The Kier molecular flexibility index (Phi) is 21.5. The highest BCUT2D eigenvalue weighted by Gasteiger charge is 2.45. The number of carbonyl (C=O) groups is 6. The van der Waals surface area contributed by atoms with Crippen LogP contribution in [0.4, 0.5) is 139 Å². The SMILES string of the molecule is Nc1c(F)c(F)c(C(=O)OCC(COCC(COC(=O)c2c(F)c(F)c(N)c(F)c2F)(COC(=O)c2c(F)c(F)c(N)c(F)c2F)COC(=O)c2c(F)c(F)c(N)c(F)c2F)(COC(=O)c2c(F)c(F)c(N)c(F)c2F)COC(=O)c2c(F)c(F)c(N)c(F)c2F)c(F)c1F. The van der Waals surface area contributed by atoms with Crippen molar-refractivity contribution >= 4 is 69.9 Å². The Morgan fingerprint density at radius 1 is 0.200 bits per heavy atom. The van der Waals surface area contributed by atoms with Crippen molar-refractivity contribution in [1.82, 2.24) is 0 Å². The maximum atomic E-state index is 15.2. The molecule has 0 spiro atoms. The van der Waals surface area contributed by atoms with Gasteiger partial charge in [0, 0.05) is 0 Å². The van der Waals surface area contributed by atoms with Crippen LogP contribution in [0.25, 0.3) is 0 Å². The summed E-state index contributed by atoms with van der Waals surface area (Å²) in [4.78, 5) is 80.6. The van der Waals surface area contributed by atoms with E-state index in [0.717, 1.165) is 0 Å². The number of nitrogen functional groups attached to an aromatic ring is 6. The number of carbonyl (C=O) groups excluding carboxylic acids is 6. The largest absolute Gasteiger partial charge is 0.461 e. The predicted octanol–water partition coefficient (Wildman–Crippen LogP) is 8.95. The van der Waals surface area contributed by atoms with Crippen molar-refractivity contribution in [2.24, 2.45) is 10.8 Å². The van der Waals surface area contributed by atoms with E-state index < -0.39 is 307 Å². The molecular weight excluding hydrogens is 1370 g/mol. The third kappa shape index (κ3) is 13.6. The molecule has 0 bridgehead atoms. The van der Waals surface area contributed by atoms with E-state index in [0.29, 0.717) is 0 Å². The first kappa shape index (κ1) is 73.3. The van der Waals surface area contributed by atoms with Gasteiger partial charge in [-0.15, -0.1) is 0 Å². The van der Waals surface area contributed by atoms with E-state index in [4.69, 9.17) is 39.1 Å². The van der Waals surface area contributed by atoms with Crippen molar-refractivity contribution in [2.45, 2.75) is 0 Å². The number of esters is 6. The van der Waals surface area contributed by atoms with Crippen LogP contribution in [0.15, 0.2) is 0 Å². The van der Waals surface area contributed by atoms with E-state index in [2.05, 4.69) is 28.4 Å². The summed E-state index contributed by atoms with van der Waals surface area (Å²) in [6.45, 7) is -18.4. The number of hydrogen-bond acceptors (Lipinski definition) is 19. The lowest BCUT2D eigenvalue weighted by atomic mass is 9.90. The lowest BCUT2D eigenvalue weighted by molar-refractivity contribution is -0.112. The number of halogens is 24. The second-order valence-electron chi connectivity index (χ2n) is 19.2. The van der Waals surface area contributed by atoms with Crippen LogP contribution in [-0.4, -0.2) is 88.7 Å². The number of anilines is 6. The molecule has 0 fully saturated rings. The first-order valence-electron chi connectivity index (χ1n) is 24.4. The van der Waals surface area contributed by atoms with Crippen molar-refractivity contribution in [3.05, 3.63) is 173 Å². The van der Waals surface area contributed by atoms with Gasteiger partial charge in [0.15, 0.2) is 140 Å². The van der Waals surface area contributed by atoms with E-state index in [9.17, 15) is 81.5 Å². The van der Waals surface area contributed by atoms with Crippen molar-refractivity contribution in [3.63, 3.8) is 0 Å². The van der Waals surface area contributed by atoms with Gasteiger partial charge in [0.2, 0.25) is 0 Å². The first-order valence-corrected chi connectivity index (χ1v) is 24.4. The number of hydrogen-bond donors (Lipinski definition) is 6. The van der Waals surface area contributed by atoms with Crippen LogP contribution in [0.1, 0.15) is 62.1 Å². The van der Waals surface area contributed by atoms with Gasteiger partial charge in [-0.2, -0.15) is 0 Å². The third-order valence-electron chi connectivity index (χ3n) is 12.9. The van der Waals surface area contributed by atoms with Crippen molar-refractivity contribution in [1.29, 1.82) is 0 Å². The van der Waals surface area contributed by atoms with Gasteiger partial charge in [-0.05, 0) is 0 Å². The Hall–Kier alpha value is -10.8. The molecule has 0 radical (unpaired) electrons. The van der Waals surface area contributed by atoms with Crippen LogP contribution in [0, 0.1) is 150 Å². The second-order valence-corrected chi connectivity index (χ2v) is 19.2. The van der Waals surface area contributed by atoms with Crippen LogP contribution in [0.5, 0.6) is 0 Å². The summed E-state index contributed by atoms with van der Waals surface area (Å²) in [5.41, 5.74) is -4.96. The molecule has 0 atom stereocenters. The van der Waals surface area contributed by atoms with E-state index >= 15 is 52.7 Å². The molecule has 0 unspecified atom stereocenters. The van der Waals surface area contributed by atoms with Gasteiger partial charge in [0.25, 0.3) is 0 Å². The van der Waals surface area contributed by atoms with Gasteiger partial charge in [-0.25, -0.2) is 134 Å². The Morgan fingerprint density at radius 2 is 0.305 bits per heavy atom. The fraction of sp³-hybridized carbons (Fsp3) is 0.192. The Morgan fingerprint density at radius 3 is 0.411 bits per heavy atom. The summed E-state index contributed by atoms with van der Waals surface area (Å²) in [5, 5.41) is 0. The lowest BCUT2D eigenvalue weighted by Gasteiger charge is -2.35. The average Bonchev–Trinajstić information content (AvgIpc) is 0.835. The third-order valence-corrected chi connectivity index (χ3v) is 12.9. The Bertz CT molecular complexity index is 3410. The van der Waals surface area contributed by atoms with Gasteiger partial charge >= 0.3 is 35.8 Å². The van der Waals surface area contributed by atoms with E-state index in [1.54, 1.807) is 0 Å². The highest BCUT2D eigenvalue weighted by molar-refractivity contribution is 5.94. The summed E-state index contributed by atoms with van der Waals surface area (Å²) in [6.07, 6.45) is 0. The quantitative estimate of drug-likeness (QED) is 0.0121. The summed E-state index contributed by atoms with van der Waals surface area (Å²) < 4.78 is 391. The monoisotopic (exact) mass is 1400 g/mol. The molecule has 6 aromatic carbocycles. The number of ether oxygens (including phenoxy) is 7. The number of nitrogens with two attached hydrogens (primary N) is 6. The average molecular weight is 1400 g/mol. The molecule has 0 saturated heterocycles. The molecule has 95 heavy (non-hydrogen) atoms. The minimum atomic E-state index is -3.66. The molecule has 6 rings (SSSR count). The lowest BCUT2D eigenvalue weighted by Crippen LogP contribution is -2.47. The predicted molar refractivity (Wildman–Crippen MR) is 261 cm³/mol. The maximum absolute atomic E-state index is 15.2. The topological polar surface area (TPSA) is 323 Å². The number of rotatable bonds is 22. The molecule has 512 valence electrons. The van der Waals surface area contributed by atoms with Gasteiger partial charge in [-0.1, -0.05) is 0 Å². The minimum absolute atomic E-state index is 2.01. The normalized spacial score (nSPS) is 11.6. The van der Waals surface area contributed by atoms with Crippen molar-refractivity contribution in [3.8, 4) is 0 Å². The van der Waals surface area contributed by atoms with Crippen LogP contribution in [0.2, 0.25) is 0 Å².